The summed E-state index contributed by atoms with van der Waals surface area (Å²) in [6.07, 6.45) is -0.274. The van der Waals surface area contributed by atoms with Crippen molar-refractivity contribution in [1.29, 1.82) is 0 Å². The van der Waals surface area contributed by atoms with Crippen LogP contribution in [0.15, 0.2) is 60.7 Å². The van der Waals surface area contributed by atoms with Crippen LogP contribution in [0.4, 0.5) is 5.82 Å². The minimum Gasteiger partial charge on any atom is -0.481 e. The number of amides is 2. The molecule has 0 radical (unpaired) electrons. The van der Waals surface area contributed by atoms with E-state index in [0.29, 0.717) is 11.5 Å². The van der Waals surface area contributed by atoms with E-state index in [1.54, 1.807) is 32.9 Å². The number of nitrogens with one attached hydrogen (secondary N) is 2. The number of carboxylic acid groups (broad SMARTS) is 1. The first-order valence-corrected chi connectivity index (χ1v) is 10.6. The average Bonchev–Trinajstić information content (AvgIpc) is 3.17. The predicted molar refractivity (Wildman–Crippen MR) is 125 cm³/mol. The Kier molecular flexibility index (Phi) is 6.96. The van der Waals surface area contributed by atoms with Gasteiger partial charge in [-0.2, -0.15) is 5.10 Å². The van der Waals surface area contributed by atoms with E-state index in [0.717, 1.165) is 11.1 Å². The van der Waals surface area contributed by atoms with Crippen LogP contribution in [0, 0.1) is 12.3 Å². The number of hydrogen-bond acceptors (Lipinski definition) is 4. The smallest absolute Gasteiger partial charge is 0.305 e. The van der Waals surface area contributed by atoms with Crippen molar-refractivity contribution in [1.82, 2.24) is 15.1 Å². The molecule has 33 heavy (non-hydrogen) atoms. The molecule has 0 unspecified atom stereocenters. The van der Waals surface area contributed by atoms with Gasteiger partial charge in [0.1, 0.15) is 5.82 Å². The topological polar surface area (TPSA) is 113 Å². The molecule has 0 saturated heterocycles. The van der Waals surface area contributed by atoms with Gasteiger partial charge in [0.25, 0.3) is 5.91 Å². The molecule has 1 atom stereocenters. The standard InChI is InChI=1S/C25H28N4O4/c1-16-10-8-9-13-18(16)19(15-22(30)31)26-23(32)20-14-21(27-24(33)25(2,3)4)29(28-20)17-11-6-5-7-12-17/h5-14,19H,15H2,1-4H3,(H,26,32)(H,27,33)(H,30,31)/t19-/m0/s1. The van der Waals surface area contributed by atoms with Gasteiger partial charge in [0.2, 0.25) is 5.91 Å². The molecule has 3 N–H and O–H groups in total. The number of aryl methyl sites for hydroxylation is 1. The first-order chi connectivity index (χ1) is 15.6. The number of benzene rings is 2. The lowest BCUT2D eigenvalue weighted by atomic mass is 9.96. The van der Waals surface area contributed by atoms with Gasteiger partial charge in [-0.15, -0.1) is 0 Å². The highest BCUT2D eigenvalue weighted by Gasteiger charge is 2.26. The molecule has 1 heterocycles. The summed E-state index contributed by atoms with van der Waals surface area (Å²) in [5, 5.41) is 19.4. The van der Waals surface area contributed by atoms with Gasteiger partial charge in [0, 0.05) is 11.5 Å². The van der Waals surface area contributed by atoms with Crippen molar-refractivity contribution in [3.05, 3.63) is 77.5 Å². The Morgan fingerprint density at radius 2 is 1.67 bits per heavy atom. The lowest BCUT2D eigenvalue weighted by Gasteiger charge is -2.18. The molecule has 2 amide bonds. The third-order valence-corrected chi connectivity index (χ3v) is 5.11. The average molecular weight is 449 g/mol. The van der Waals surface area contributed by atoms with E-state index in [1.165, 1.54) is 10.7 Å². The number of nitrogens with zero attached hydrogens (tertiary/aromatic N) is 2. The van der Waals surface area contributed by atoms with E-state index in [1.807, 2.05) is 49.4 Å². The zero-order valence-corrected chi connectivity index (χ0v) is 19.1. The van der Waals surface area contributed by atoms with Crippen LogP contribution in [-0.4, -0.2) is 32.7 Å². The van der Waals surface area contributed by atoms with E-state index in [4.69, 9.17) is 0 Å². The molecule has 8 heteroatoms. The zero-order chi connectivity index (χ0) is 24.2. The largest absolute Gasteiger partial charge is 0.481 e. The Morgan fingerprint density at radius 1 is 1.03 bits per heavy atom. The number of aliphatic carboxylic acids is 1. The van der Waals surface area contributed by atoms with Gasteiger partial charge < -0.3 is 15.7 Å². The summed E-state index contributed by atoms with van der Waals surface area (Å²) in [6.45, 7) is 7.23. The van der Waals surface area contributed by atoms with Crippen molar-refractivity contribution in [3.8, 4) is 5.69 Å². The molecule has 0 bridgehead atoms. The summed E-state index contributed by atoms with van der Waals surface area (Å²) < 4.78 is 1.48. The van der Waals surface area contributed by atoms with Crippen molar-refractivity contribution in [2.75, 3.05) is 5.32 Å². The number of aromatic nitrogens is 2. The van der Waals surface area contributed by atoms with Crippen LogP contribution in [0.5, 0.6) is 0 Å². The lowest BCUT2D eigenvalue weighted by molar-refractivity contribution is -0.137. The molecule has 8 nitrogen and oxygen atoms in total. The zero-order valence-electron chi connectivity index (χ0n) is 19.1. The maximum absolute atomic E-state index is 13.1. The summed E-state index contributed by atoms with van der Waals surface area (Å²) in [5.74, 6) is -1.45. The van der Waals surface area contributed by atoms with E-state index in [9.17, 15) is 19.5 Å². The minimum atomic E-state index is -1.03. The van der Waals surface area contributed by atoms with E-state index >= 15 is 0 Å². The van der Waals surface area contributed by atoms with Crippen LogP contribution in [-0.2, 0) is 9.59 Å². The Hall–Kier alpha value is -3.94. The molecule has 0 aliphatic heterocycles. The van der Waals surface area contributed by atoms with Crippen molar-refractivity contribution in [2.24, 2.45) is 5.41 Å². The van der Waals surface area contributed by atoms with Crippen LogP contribution >= 0.6 is 0 Å². The Balaban J connectivity index is 1.95. The second kappa shape index (κ2) is 9.68. The second-order valence-corrected chi connectivity index (χ2v) is 8.85. The third kappa shape index (κ3) is 5.85. The first kappa shape index (κ1) is 23.7. The van der Waals surface area contributed by atoms with Crippen molar-refractivity contribution >= 4 is 23.6 Å². The first-order valence-electron chi connectivity index (χ1n) is 10.6. The van der Waals surface area contributed by atoms with Gasteiger partial charge >= 0.3 is 5.97 Å². The number of para-hydroxylation sites is 1. The van der Waals surface area contributed by atoms with E-state index in [-0.39, 0.29) is 18.0 Å². The van der Waals surface area contributed by atoms with Crippen molar-refractivity contribution < 1.29 is 19.5 Å². The van der Waals surface area contributed by atoms with Gasteiger partial charge in [-0.3, -0.25) is 14.4 Å². The maximum atomic E-state index is 13.1. The van der Waals surface area contributed by atoms with Gasteiger partial charge in [-0.1, -0.05) is 63.2 Å². The fraction of sp³-hybridized carbons (Fsp3) is 0.280. The molecule has 3 rings (SSSR count). The fourth-order valence-electron chi connectivity index (χ4n) is 3.27. The number of hydrogen-bond donors (Lipinski definition) is 3. The van der Waals surface area contributed by atoms with E-state index in [2.05, 4.69) is 15.7 Å². The molecule has 0 spiro atoms. The van der Waals surface area contributed by atoms with E-state index < -0.39 is 23.3 Å². The molecule has 3 aromatic rings. The quantitative estimate of drug-likeness (QED) is 0.503. The van der Waals surface area contributed by atoms with Gasteiger partial charge in [0.15, 0.2) is 5.69 Å². The highest BCUT2D eigenvalue weighted by Crippen LogP contribution is 2.24. The molecule has 0 aliphatic carbocycles. The molecule has 0 fully saturated rings. The normalized spacial score (nSPS) is 12.1. The Bertz CT molecular complexity index is 1160. The van der Waals surface area contributed by atoms with Crippen molar-refractivity contribution in [2.45, 2.75) is 40.2 Å². The molecular formula is C25H28N4O4. The highest BCUT2D eigenvalue weighted by atomic mass is 16.4. The van der Waals surface area contributed by atoms with Crippen LogP contribution in [0.2, 0.25) is 0 Å². The predicted octanol–water partition coefficient (Wildman–Crippen LogP) is 4.11. The highest BCUT2D eigenvalue weighted by molar-refractivity contribution is 5.97. The van der Waals surface area contributed by atoms with Gasteiger partial charge in [0.05, 0.1) is 18.2 Å². The molecule has 0 aliphatic rings. The number of carboxylic acids is 1. The summed E-state index contributed by atoms with van der Waals surface area (Å²) >= 11 is 0. The molecular weight excluding hydrogens is 420 g/mol. The van der Waals surface area contributed by atoms with Crippen LogP contribution in [0.1, 0.15) is 54.8 Å². The lowest BCUT2D eigenvalue weighted by Crippen LogP contribution is -2.31. The Morgan fingerprint density at radius 3 is 2.27 bits per heavy atom. The number of carbonyl (C=O) groups is 3. The van der Waals surface area contributed by atoms with Crippen LogP contribution in [0.25, 0.3) is 5.69 Å². The van der Waals surface area contributed by atoms with Crippen LogP contribution in [0.3, 0.4) is 0 Å². The molecule has 172 valence electrons. The Labute approximate surface area is 192 Å². The number of carbonyl (C=O) groups excluding carboxylic acids is 2. The van der Waals surface area contributed by atoms with Gasteiger partial charge in [-0.05, 0) is 30.2 Å². The number of anilines is 1. The van der Waals surface area contributed by atoms with Gasteiger partial charge in [-0.25, -0.2) is 4.68 Å². The molecule has 2 aromatic carbocycles. The third-order valence-electron chi connectivity index (χ3n) is 5.11. The second-order valence-electron chi connectivity index (χ2n) is 8.85. The number of rotatable bonds is 7. The summed E-state index contributed by atoms with van der Waals surface area (Å²) in [5.41, 5.74) is 1.67. The summed E-state index contributed by atoms with van der Waals surface area (Å²) in [7, 11) is 0. The molecule has 1 aromatic heterocycles. The minimum absolute atomic E-state index is 0.0621. The fourth-order valence-corrected chi connectivity index (χ4v) is 3.27. The SMILES string of the molecule is Cc1ccccc1[C@H](CC(=O)O)NC(=O)c1cc(NC(=O)C(C)(C)C)n(-c2ccccc2)n1. The molecule has 0 saturated carbocycles. The summed E-state index contributed by atoms with van der Waals surface area (Å²) in [6, 6.07) is 17.2. The van der Waals surface area contributed by atoms with Crippen molar-refractivity contribution in [3.63, 3.8) is 0 Å². The van der Waals surface area contributed by atoms with Crippen LogP contribution < -0.4 is 10.6 Å². The maximum Gasteiger partial charge on any atom is 0.305 e. The summed E-state index contributed by atoms with van der Waals surface area (Å²) in [4.78, 5) is 37.2. The monoisotopic (exact) mass is 448 g/mol.